The second-order valence-electron chi connectivity index (χ2n) is 5.20. The molecule has 0 aliphatic carbocycles. The van der Waals surface area contributed by atoms with Crippen LogP contribution >= 0.6 is 0 Å². The minimum atomic E-state index is -4.79. The third kappa shape index (κ3) is 4.68. The van der Waals surface area contributed by atoms with Crippen molar-refractivity contribution < 1.29 is 27.6 Å². The van der Waals surface area contributed by atoms with E-state index < -0.39 is 28.8 Å². The first-order valence-electron chi connectivity index (χ1n) is 6.84. The Balaban J connectivity index is 2.27. The van der Waals surface area contributed by atoms with Crippen LogP contribution in [0.3, 0.4) is 0 Å². The summed E-state index contributed by atoms with van der Waals surface area (Å²) >= 11 is 0. The lowest BCUT2D eigenvalue weighted by atomic mass is 10.2. The van der Waals surface area contributed by atoms with E-state index in [4.69, 9.17) is 0 Å². The van der Waals surface area contributed by atoms with Gasteiger partial charge in [0.15, 0.2) is 0 Å². The van der Waals surface area contributed by atoms with Crippen LogP contribution in [0.5, 0.6) is 5.75 Å². The first kappa shape index (κ1) is 18.2. The zero-order valence-corrected chi connectivity index (χ0v) is 13.1. The quantitative estimate of drug-likeness (QED) is 0.605. The van der Waals surface area contributed by atoms with Crippen molar-refractivity contribution >= 4 is 11.7 Å². The van der Waals surface area contributed by atoms with Crippen molar-refractivity contribution in [2.75, 3.05) is 14.1 Å². The fraction of sp³-hybridized carbons (Fsp3) is 0.286. The molecule has 0 aliphatic rings. The molecule has 0 atom stereocenters. The number of benzene rings is 1. The van der Waals surface area contributed by atoms with E-state index in [0.717, 1.165) is 18.3 Å². The number of halogens is 3. The monoisotopic (exact) mass is 358 g/mol. The normalized spacial score (nSPS) is 11.2. The van der Waals surface area contributed by atoms with Crippen molar-refractivity contribution in [1.82, 2.24) is 14.5 Å². The van der Waals surface area contributed by atoms with E-state index in [2.05, 4.69) is 9.72 Å². The van der Waals surface area contributed by atoms with Gasteiger partial charge in [-0.3, -0.25) is 9.36 Å². The van der Waals surface area contributed by atoms with Crippen molar-refractivity contribution in [3.8, 4) is 5.75 Å². The van der Waals surface area contributed by atoms with Crippen LogP contribution in [0.1, 0.15) is 16.2 Å². The lowest BCUT2D eigenvalue weighted by Gasteiger charge is -2.11. The third-order valence-electron chi connectivity index (χ3n) is 3.06. The van der Waals surface area contributed by atoms with Gasteiger partial charge in [-0.25, -0.2) is 0 Å². The summed E-state index contributed by atoms with van der Waals surface area (Å²) in [6.07, 6.45) is -3.70. The maximum Gasteiger partial charge on any atom is 0.573 e. The fourth-order valence-electron chi connectivity index (χ4n) is 1.97. The van der Waals surface area contributed by atoms with Gasteiger partial charge in [-0.05, 0) is 27.6 Å². The highest BCUT2D eigenvalue weighted by Crippen LogP contribution is 2.23. The Labute approximate surface area is 139 Å². The van der Waals surface area contributed by atoms with Crippen LogP contribution in [-0.4, -0.2) is 45.7 Å². The number of amides is 1. The van der Waals surface area contributed by atoms with Gasteiger partial charge in [-0.2, -0.15) is 0 Å². The average molecular weight is 358 g/mol. The van der Waals surface area contributed by atoms with Gasteiger partial charge in [0.25, 0.3) is 0 Å². The maximum absolute atomic E-state index is 12.1. The van der Waals surface area contributed by atoms with Crippen LogP contribution in [0, 0.1) is 10.1 Å². The standard InChI is InChI=1S/C14H13F3N4O4/c1-19(2)13(22)12-18-11(21(23)24)8-20(12)7-9-3-5-10(6-4-9)25-14(15,16)17/h3-6,8H,7H2,1-2H3. The van der Waals surface area contributed by atoms with E-state index in [1.807, 2.05) is 0 Å². The minimum absolute atomic E-state index is 0.0159. The van der Waals surface area contributed by atoms with Crippen molar-refractivity contribution in [3.05, 3.63) is 52.0 Å². The Bertz CT molecular complexity index is 784. The van der Waals surface area contributed by atoms with E-state index in [1.165, 1.54) is 35.7 Å². The summed E-state index contributed by atoms with van der Waals surface area (Å²) in [6, 6.07) is 4.94. The summed E-state index contributed by atoms with van der Waals surface area (Å²) < 4.78 is 41.5. The van der Waals surface area contributed by atoms with Crippen molar-refractivity contribution in [1.29, 1.82) is 0 Å². The highest BCUT2D eigenvalue weighted by Gasteiger charge is 2.31. The third-order valence-corrected chi connectivity index (χ3v) is 3.06. The molecule has 0 saturated heterocycles. The molecule has 0 aliphatic heterocycles. The van der Waals surface area contributed by atoms with Crippen LogP contribution < -0.4 is 4.74 Å². The second-order valence-corrected chi connectivity index (χ2v) is 5.20. The first-order valence-corrected chi connectivity index (χ1v) is 6.84. The molecule has 0 radical (unpaired) electrons. The molecule has 0 fully saturated rings. The predicted molar refractivity (Wildman–Crippen MR) is 79.1 cm³/mol. The smallest absolute Gasteiger partial charge is 0.406 e. The van der Waals surface area contributed by atoms with Crippen LogP contribution in [-0.2, 0) is 6.54 Å². The van der Waals surface area contributed by atoms with Gasteiger partial charge in [0.05, 0.1) is 6.54 Å². The van der Waals surface area contributed by atoms with Crippen molar-refractivity contribution in [2.45, 2.75) is 12.9 Å². The largest absolute Gasteiger partial charge is 0.573 e. The molecule has 134 valence electrons. The summed E-state index contributed by atoms with van der Waals surface area (Å²) in [4.78, 5) is 27.1. The number of carbonyl (C=O) groups excluding carboxylic acids is 1. The summed E-state index contributed by atoms with van der Waals surface area (Å²) in [7, 11) is 2.94. The number of nitro groups is 1. The summed E-state index contributed by atoms with van der Waals surface area (Å²) in [5, 5.41) is 10.9. The predicted octanol–water partition coefficient (Wildman–Crippen LogP) is 2.44. The molecule has 1 heterocycles. The number of ether oxygens (including phenoxy) is 1. The maximum atomic E-state index is 12.1. The minimum Gasteiger partial charge on any atom is -0.406 e. The Morgan fingerprint density at radius 1 is 1.32 bits per heavy atom. The molecule has 1 aromatic heterocycles. The molecule has 2 rings (SSSR count). The molecule has 1 aromatic carbocycles. The lowest BCUT2D eigenvalue weighted by molar-refractivity contribution is -0.389. The molecule has 0 spiro atoms. The molecule has 11 heteroatoms. The Hall–Kier alpha value is -3.11. The average Bonchev–Trinajstić information content (AvgIpc) is 2.91. The Kier molecular flexibility index (Phi) is 4.95. The van der Waals surface area contributed by atoms with E-state index in [0.29, 0.717) is 5.56 Å². The number of aromatic nitrogens is 2. The Morgan fingerprint density at radius 2 is 1.92 bits per heavy atom. The first-order chi connectivity index (χ1) is 11.6. The molecular weight excluding hydrogens is 345 g/mol. The molecular formula is C14H13F3N4O4. The van der Waals surface area contributed by atoms with Gasteiger partial charge in [-0.15, -0.1) is 13.2 Å². The summed E-state index contributed by atoms with van der Waals surface area (Å²) in [6.45, 7) is 0.0159. The van der Waals surface area contributed by atoms with Gasteiger partial charge in [0.1, 0.15) is 11.9 Å². The highest BCUT2D eigenvalue weighted by molar-refractivity contribution is 5.90. The molecule has 0 saturated carbocycles. The molecule has 0 bridgehead atoms. The number of alkyl halides is 3. The topological polar surface area (TPSA) is 90.5 Å². The van der Waals surface area contributed by atoms with E-state index in [9.17, 15) is 28.1 Å². The number of hydrogen-bond acceptors (Lipinski definition) is 5. The number of nitrogens with zero attached hydrogens (tertiary/aromatic N) is 4. The zero-order valence-electron chi connectivity index (χ0n) is 13.1. The van der Waals surface area contributed by atoms with Gasteiger partial charge < -0.3 is 19.8 Å². The van der Waals surface area contributed by atoms with Crippen LogP contribution in [0.25, 0.3) is 0 Å². The molecule has 2 aromatic rings. The van der Waals surface area contributed by atoms with Crippen LogP contribution in [0.4, 0.5) is 19.0 Å². The second kappa shape index (κ2) is 6.79. The molecule has 25 heavy (non-hydrogen) atoms. The molecule has 1 amide bonds. The zero-order chi connectivity index (χ0) is 18.8. The number of hydrogen-bond donors (Lipinski definition) is 0. The molecule has 0 N–H and O–H groups in total. The molecule has 8 nitrogen and oxygen atoms in total. The number of carbonyl (C=O) groups is 1. The highest BCUT2D eigenvalue weighted by atomic mass is 19.4. The SMILES string of the molecule is CN(C)C(=O)c1nc([N+](=O)[O-])cn1Cc1ccc(OC(F)(F)F)cc1. The Morgan fingerprint density at radius 3 is 2.40 bits per heavy atom. The van der Waals surface area contributed by atoms with Crippen LogP contribution in [0.2, 0.25) is 0 Å². The van der Waals surface area contributed by atoms with Crippen molar-refractivity contribution in [2.24, 2.45) is 0 Å². The fourth-order valence-corrected chi connectivity index (χ4v) is 1.97. The van der Waals surface area contributed by atoms with Crippen LogP contribution in [0.15, 0.2) is 30.5 Å². The molecule has 0 unspecified atom stereocenters. The van der Waals surface area contributed by atoms with Gasteiger partial charge in [0, 0.05) is 14.1 Å². The number of rotatable bonds is 5. The summed E-state index contributed by atoms with van der Waals surface area (Å²) in [5.41, 5.74) is 0.509. The van der Waals surface area contributed by atoms with Gasteiger partial charge in [-0.1, -0.05) is 12.1 Å². The number of imidazole rings is 1. The summed E-state index contributed by atoms with van der Waals surface area (Å²) in [5.74, 6) is -1.57. The van der Waals surface area contributed by atoms with Gasteiger partial charge >= 0.3 is 23.9 Å². The van der Waals surface area contributed by atoms with E-state index >= 15 is 0 Å². The lowest BCUT2D eigenvalue weighted by Crippen LogP contribution is -2.25. The van der Waals surface area contributed by atoms with Crippen molar-refractivity contribution in [3.63, 3.8) is 0 Å². The van der Waals surface area contributed by atoms with E-state index in [1.54, 1.807) is 0 Å². The van der Waals surface area contributed by atoms with Gasteiger partial charge in [0.2, 0.25) is 0 Å². The van der Waals surface area contributed by atoms with E-state index in [-0.39, 0.29) is 12.4 Å².